The van der Waals surface area contributed by atoms with Gasteiger partial charge in [0.05, 0.1) is 12.2 Å². The largest absolute Gasteiger partial charge is 0.317 e. The topological polar surface area (TPSA) is 60.9 Å². The van der Waals surface area contributed by atoms with Crippen LogP contribution in [0.2, 0.25) is 0 Å². The maximum absolute atomic E-state index is 12.2. The molecule has 2 rings (SSSR count). The van der Waals surface area contributed by atoms with Gasteiger partial charge in [-0.15, -0.1) is 0 Å². The zero-order valence-electron chi connectivity index (χ0n) is 10.6. The van der Waals surface area contributed by atoms with Crippen molar-refractivity contribution in [1.29, 1.82) is 0 Å². The first-order valence-corrected chi connectivity index (χ1v) is 5.99. The molecule has 0 aliphatic rings. The minimum Gasteiger partial charge on any atom is -0.317 e. The third-order valence-electron chi connectivity index (χ3n) is 3.01. The highest BCUT2D eigenvalue weighted by Crippen LogP contribution is 2.16. The molecule has 0 aliphatic carbocycles. The van der Waals surface area contributed by atoms with Crippen LogP contribution in [0.15, 0.2) is 36.7 Å². The Bertz CT molecular complexity index is 542. The van der Waals surface area contributed by atoms with Crippen LogP contribution in [0.1, 0.15) is 34.5 Å². The predicted octanol–water partition coefficient (Wildman–Crippen LogP) is 1.87. The number of ketones is 1. The number of aryl methyl sites for hydroxylation is 2. The zero-order chi connectivity index (χ0) is 13.1. The van der Waals surface area contributed by atoms with Gasteiger partial charge in [0.25, 0.3) is 0 Å². The molecule has 0 fully saturated rings. The fourth-order valence-corrected chi connectivity index (χ4v) is 1.84. The van der Waals surface area contributed by atoms with E-state index in [2.05, 4.69) is 12.0 Å². The summed E-state index contributed by atoms with van der Waals surface area (Å²) >= 11 is 0. The highest BCUT2D eigenvalue weighted by atomic mass is 16.1. The second-order valence-corrected chi connectivity index (χ2v) is 4.34. The summed E-state index contributed by atoms with van der Waals surface area (Å²) in [4.78, 5) is 12.2. The highest BCUT2D eigenvalue weighted by Gasteiger charge is 2.18. The van der Waals surface area contributed by atoms with Gasteiger partial charge in [0.1, 0.15) is 0 Å². The van der Waals surface area contributed by atoms with E-state index in [4.69, 9.17) is 5.73 Å². The monoisotopic (exact) mass is 243 g/mol. The van der Waals surface area contributed by atoms with Gasteiger partial charge < -0.3 is 5.73 Å². The molecule has 1 aromatic heterocycles. The van der Waals surface area contributed by atoms with Gasteiger partial charge in [-0.3, -0.25) is 9.48 Å². The van der Waals surface area contributed by atoms with Crippen LogP contribution in [0.25, 0.3) is 0 Å². The van der Waals surface area contributed by atoms with Crippen LogP contribution in [0.5, 0.6) is 0 Å². The molecule has 2 N–H and O–H groups in total. The molecule has 0 radical (unpaired) electrons. The van der Waals surface area contributed by atoms with Gasteiger partial charge in [-0.1, -0.05) is 31.2 Å². The molecule has 0 saturated heterocycles. The minimum atomic E-state index is -0.647. The summed E-state index contributed by atoms with van der Waals surface area (Å²) in [5, 5.41) is 4.03. The van der Waals surface area contributed by atoms with Crippen LogP contribution >= 0.6 is 0 Å². The molecule has 18 heavy (non-hydrogen) atoms. The number of carbonyl (C=O) groups excluding carboxylic acids is 1. The molecule has 0 bridgehead atoms. The number of hydrogen-bond acceptors (Lipinski definition) is 3. The van der Waals surface area contributed by atoms with Gasteiger partial charge in [-0.05, 0) is 12.0 Å². The fraction of sp³-hybridized carbons (Fsp3) is 0.286. The van der Waals surface area contributed by atoms with E-state index in [1.807, 2.05) is 24.3 Å². The van der Waals surface area contributed by atoms with E-state index in [0.29, 0.717) is 5.56 Å². The number of nitrogens with two attached hydrogens (primary N) is 1. The molecule has 0 spiro atoms. The number of rotatable bonds is 4. The Kier molecular flexibility index (Phi) is 3.58. The van der Waals surface area contributed by atoms with Crippen LogP contribution in [0.3, 0.4) is 0 Å². The number of carbonyl (C=O) groups is 1. The summed E-state index contributed by atoms with van der Waals surface area (Å²) in [6, 6.07) is 6.94. The Morgan fingerprint density at radius 2 is 2.06 bits per heavy atom. The minimum absolute atomic E-state index is 0.0781. The Morgan fingerprint density at radius 3 is 2.56 bits per heavy atom. The Balaban J connectivity index is 2.19. The maximum atomic E-state index is 12.2. The number of Topliss-reactive ketones (excluding diaryl/α,β-unsaturated/α-hetero) is 1. The smallest absolute Gasteiger partial charge is 0.184 e. The van der Waals surface area contributed by atoms with Crippen molar-refractivity contribution >= 4 is 5.78 Å². The summed E-state index contributed by atoms with van der Waals surface area (Å²) in [6.07, 6.45) is 4.36. The van der Waals surface area contributed by atoms with Crippen molar-refractivity contribution in [3.05, 3.63) is 53.3 Å². The summed E-state index contributed by atoms with van der Waals surface area (Å²) in [5.74, 6) is -0.0781. The van der Waals surface area contributed by atoms with Gasteiger partial charge in [-0.2, -0.15) is 5.10 Å². The van der Waals surface area contributed by atoms with Crippen molar-refractivity contribution < 1.29 is 4.79 Å². The van der Waals surface area contributed by atoms with Gasteiger partial charge in [0, 0.05) is 24.4 Å². The first-order chi connectivity index (χ1) is 8.61. The molecular formula is C14H17N3O. The average molecular weight is 243 g/mol. The Labute approximate surface area is 106 Å². The second kappa shape index (κ2) is 5.14. The van der Waals surface area contributed by atoms with E-state index < -0.39 is 6.04 Å². The zero-order valence-corrected chi connectivity index (χ0v) is 10.6. The lowest BCUT2D eigenvalue weighted by Gasteiger charge is -2.08. The van der Waals surface area contributed by atoms with E-state index in [0.717, 1.165) is 12.0 Å². The predicted molar refractivity (Wildman–Crippen MR) is 70.3 cm³/mol. The molecular weight excluding hydrogens is 226 g/mol. The van der Waals surface area contributed by atoms with Crippen LogP contribution < -0.4 is 5.73 Å². The summed E-state index contributed by atoms with van der Waals surface area (Å²) < 4.78 is 1.64. The van der Waals surface area contributed by atoms with E-state index in [1.54, 1.807) is 24.1 Å². The van der Waals surface area contributed by atoms with Gasteiger partial charge in [-0.25, -0.2) is 0 Å². The van der Waals surface area contributed by atoms with Crippen molar-refractivity contribution in [2.45, 2.75) is 19.4 Å². The van der Waals surface area contributed by atoms with Crippen LogP contribution in [-0.2, 0) is 13.5 Å². The molecule has 0 amide bonds. The molecule has 2 aromatic rings. The standard InChI is InChI=1S/C14H17N3O/c1-3-10-4-6-11(7-5-10)14(18)13(15)12-8-16-17(2)9-12/h4-9,13H,3,15H2,1-2H3. The lowest BCUT2D eigenvalue weighted by molar-refractivity contribution is 0.0961. The quantitative estimate of drug-likeness (QED) is 0.834. The molecule has 4 heteroatoms. The van der Waals surface area contributed by atoms with Crippen molar-refractivity contribution in [1.82, 2.24) is 9.78 Å². The van der Waals surface area contributed by atoms with Crippen molar-refractivity contribution in [2.75, 3.05) is 0 Å². The lowest BCUT2D eigenvalue weighted by atomic mass is 9.99. The Hall–Kier alpha value is -1.94. The molecule has 4 nitrogen and oxygen atoms in total. The third kappa shape index (κ3) is 2.49. The maximum Gasteiger partial charge on any atom is 0.184 e. The molecule has 1 aromatic carbocycles. The van der Waals surface area contributed by atoms with E-state index in [1.165, 1.54) is 5.56 Å². The van der Waals surface area contributed by atoms with Crippen molar-refractivity contribution in [3.63, 3.8) is 0 Å². The molecule has 1 heterocycles. The first-order valence-electron chi connectivity index (χ1n) is 5.99. The molecule has 1 unspecified atom stereocenters. The number of benzene rings is 1. The van der Waals surface area contributed by atoms with Crippen LogP contribution in [0, 0.1) is 0 Å². The van der Waals surface area contributed by atoms with Crippen LogP contribution in [0.4, 0.5) is 0 Å². The summed E-state index contributed by atoms with van der Waals surface area (Å²) in [7, 11) is 1.80. The Morgan fingerprint density at radius 1 is 1.39 bits per heavy atom. The van der Waals surface area contributed by atoms with Crippen molar-refractivity contribution in [3.8, 4) is 0 Å². The fourth-order valence-electron chi connectivity index (χ4n) is 1.84. The highest BCUT2D eigenvalue weighted by molar-refractivity contribution is 6.00. The summed E-state index contributed by atoms with van der Waals surface area (Å²) in [6.45, 7) is 2.08. The van der Waals surface area contributed by atoms with E-state index in [9.17, 15) is 4.79 Å². The van der Waals surface area contributed by atoms with Gasteiger partial charge in [0.15, 0.2) is 5.78 Å². The molecule has 1 atom stereocenters. The second-order valence-electron chi connectivity index (χ2n) is 4.34. The van der Waals surface area contributed by atoms with Gasteiger partial charge >= 0.3 is 0 Å². The normalized spacial score (nSPS) is 12.4. The molecule has 0 aliphatic heterocycles. The average Bonchev–Trinajstić information content (AvgIpc) is 2.84. The van der Waals surface area contributed by atoms with E-state index >= 15 is 0 Å². The van der Waals surface area contributed by atoms with Crippen molar-refractivity contribution in [2.24, 2.45) is 12.8 Å². The van der Waals surface area contributed by atoms with E-state index in [-0.39, 0.29) is 5.78 Å². The van der Waals surface area contributed by atoms with Crippen LogP contribution in [-0.4, -0.2) is 15.6 Å². The number of aromatic nitrogens is 2. The number of nitrogens with zero attached hydrogens (tertiary/aromatic N) is 2. The molecule has 0 saturated carbocycles. The molecule has 94 valence electrons. The summed E-state index contributed by atoms with van der Waals surface area (Å²) in [5.41, 5.74) is 8.54. The SMILES string of the molecule is CCc1ccc(C(=O)C(N)c2cnn(C)c2)cc1. The third-order valence-corrected chi connectivity index (χ3v) is 3.01. The first kappa shape index (κ1) is 12.5. The lowest BCUT2D eigenvalue weighted by Crippen LogP contribution is -2.21. The van der Waals surface area contributed by atoms with Gasteiger partial charge in [0.2, 0.25) is 0 Å². The number of hydrogen-bond donors (Lipinski definition) is 1.